The number of benzene rings is 1. The second-order valence-electron chi connectivity index (χ2n) is 5.42. The van der Waals surface area contributed by atoms with E-state index in [-0.39, 0.29) is 17.2 Å². The zero-order valence-corrected chi connectivity index (χ0v) is 15.1. The third kappa shape index (κ3) is 4.77. The van der Waals surface area contributed by atoms with E-state index in [0.29, 0.717) is 30.2 Å². The molecule has 0 atom stereocenters. The van der Waals surface area contributed by atoms with Gasteiger partial charge in [-0.05, 0) is 30.3 Å². The Morgan fingerprint density at radius 1 is 1.20 bits per heavy atom. The lowest BCUT2D eigenvalue weighted by atomic mass is 10.2. The van der Waals surface area contributed by atoms with E-state index in [4.69, 9.17) is 5.73 Å². The van der Waals surface area contributed by atoms with Crippen molar-refractivity contribution in [2.45, 2.75) is 25.2 Å². The Balaban J connectivity index is 2.13. The van der Waals surface area contributed by atoms with E-state index < -0.39 is 10.0 Å². The van der Waals surface area contributed by atoms with Gasteiger partial charge in [-0.1, -0.05) is 19.9 Å². The van der Waals surface area contributed by atoms with Crippen LogP contribution < -0.4 is 11.1 Å². The molecule has 0 bridgehead atoms. The Kier molecular flexibility index (Phi) is 6.11. The summed E-state index contributed by atoms with van der Waals surface area (Å²) in [4.78, 5) is 16.4. The summed E-state index contributed by atoms with van der Waals surface area (Å²) in [5.41, 5.74) is 7.09. The zero-order valence-electron chi connectivity index (χ0n) is 14.3. The molecule has 25 heavy (non-hydrogen) atoms. The minimum atomic E-state index is -3.57. The van der Waals surface area contributed by atoms with Gasteiger partial charge in [0.15, 0.2) is 0 Å². The number of carbonyl (C=O) groups is 1. The van der Waals surface area contributed by atoms with E-state index in [0.717, 1.165) is 0 Å². The van der Waals surface area contributed by atoms with Gasteiger partial charge in [-0.2, -0.15) is 4.31 Å². The average molecular weight is 362 g/mol. The fourth-order valence-electron chi connectivity index (χ4n) is 2.36. The van der Waals surface area contributed by atoms with E-state index in [1.54, 1.807) is 38.1 Å². The number of amides is 1. The highest BCUT2D eigenvalue weighted by Crippen LogP contribution is 2.19. The predicted molar refractivity (Wildman–Crippen MR) is 97.5 cm³/mol. The number of hydrogen-bond donors (Lipinski definition) is 2. The zero-order chi connectivity index (χ0) is 18.4. The summed E-state index contributed by atoms with van der Waals surface area (Å²) >= 11 is 0. The standard InChI is InChI=1S/C17H22N4O3S/c1-3-21(4-2)25(23,24)16-7-5-6-15(10-16)20-17(22)11-14-9-8-13(18)12-19-14/h5-10,12H,3-4,11,18H2,1-2H3,(H,20,22). The number of hydrogen-bond acceptors (Lipinski definition) is 5. The van der Waals surface area contributed by atoms with Crippen molar-refractivity contribution in [2.24, 2.45) is 0 Å². The van der Waals surface area contributed by atoms with Gasteiger partial charge in [-0.25, -0.2) is 8.42 Å². The molecule has 0 unspecified atom stereocenters. The number of pyridine rings is 1. The van der Waals surface area contributed by atoms with Crippen molar-refractivity contribution in [3.63, 3.8) is 0 Å². The Morgan fingerprint density at radius 3 is 2.52 bits per heavy atom. The van der Waals surface area contributed by atoms with Crippen LogP contribution in [0.25, 0.3) is 0 Å². The molecule has 0 saturated carbocycles. The minimum absolute atomic E-state index is 0.0767. The summed E-state index contributed by atoms with van der Waals surface area (Å²) < 4.78 is 26.5. The lowest BCUT2D eigenvalue weighted by Crippen LogP contribution is -2.30. The van der Waals surface area contributed by atoms with Crippen LogP contribution in [0.2, 0.25) is 0 Å². The minimum Gasteiger partial charge on any atom is -0.397 e. The molecule has 2 rings (SSSR count). The molecule has 8 heteroatoms. The molecule has 1 amide bonds. The fourth-order valence-corrected chi connectivity index (χ4v) is 3.86. The number of nitrogens with one attached hydrogen (secondary N) is 1. The monoisotopic (exact) mass is 362 g/mol. The second kappa shape index (κ2) is 8.09. The second-order valence-corrected chi connectivity index (χ2v) is 7.36. The van der Waals surface area contributed by atoms with Gasteiger partial charge in [-0.3, -0.25) is 9.78 Å². The van der Waals surface area contributed by atoms with Gasteiger partial charge in [0.25, 0.3) is 0 Å². The van der Waals surface area contributed by atoms with Crippen LogP contribution in [0, 0.1) is 0 Å². The number of aromatic nitrogens is 1. The van der Waals surface area contributed by atoms with Gasteiger partial charge in [0, 0.05) is 24.5 Å². The molecule has 1 aromatic carbocycles. The topological polar surface area (TPSA) is 105 Å². The first-order valence-electron chi connectivity index (χ1n) is 7.97. The maximum atomic E-state index is 12.5. The number of nitrogen functional groups attached to an aromatic ring is 1. The van der Waals surface area contributed by atoms with Crippen LogP contribution >= 0.6 is 0 Å². The van der Waals surface area contributed by atoms with Gasteiger partial charge in [0.1, 0.15) is 0 Å². The Labute approximate surface area is 147 Å². The van der Waals surface area contributed by atoms with Crippen LogP contribution in [-0.4, -0.2) is 36.7 Å². The summed E-state index contributed by atoms with van der Waals surface area (Å²) in [6, 6.07) is 9.58. The average Bonchev–Trinajstić information content (AvgIpc) is 2.58. The molecule has 1 aromatic heterocycles. The lowest BCUT2D eigenvalue weighted by Gasteiger charge is -2.18. The van der Waals surface area contributed by atoms with Gasteiger partial charge >= 0.3 is 0 Å². The first-order valence-corrected chi connectivity index (χ1v) is 9.41. The van der Waals surface area contributed by atoms with Crippen molar-refractivity contribution >= 4 is 27.3 Å². The Morgan fingerprint density at radius 2 is 1.92 bits per heavy atom. The largest absolute Gasteiger partial charge is 0.397 e. The van der Waals surface area contributed by atoms with E-state index in [2.05, 4.69) is 10.3 Å². The van der Waals surface area contributed by atoms with Crippen molar-refractivity contribution in [1.29, 1.82) is 0 Å². The summed E-state index contributed by atoms with van der Waals surface area (Å²) in [5, 5.41) is 2.70. The lowest BCUT2D eigenvalue weighted by molar-refractivity contribution is -0.115. The van der Waals surface area contributed by atoms with E-state index in [1.807, 2.05) is 0 Å². The third-order valence-electron chi connectivity index (χ3n) is 3.65. The number of rotatable bonds is 7. The number of nitrogens with two attached hydrogens (primary N) is 1. The highest BCUT2D eigenvalue weighted by atomic mass is 32.2. The van der Waals surface area contributed by atoms with E-state index in [1.165, 1.54) is 22.6 Å². The van der Waals surface area contributed by atoms with Crippen molar-refractivity contribution in [1.82, 2.24) is 9.29 Å². The van der Waals surface area contributed by atoms with Crippen LogP contribution in [0.5, 0.6) is 0 Å². The highest BCUT2D eigenvalue weighted by molar-refractivity contribution is 7.89. The molecule has 0 saturated heterocycles. The molecule has 0 aliphatic rings. The Hall–Kier alpha value is -2.45. The van der Waals surface area contributed by atoms with Crippen molar-refractivity contribution in [3.8, 4) is 0 Å². The number of carbonyl (C=O) groups excluding carboxylic acids is 1. The molecule has 0 radical (unpaired) electrons. The molecular formula is C17H22N4O3S. The highest BCUT2D eigenvalue weighted by Gasteiger charge is 2.21. The molecule has 7 nitrogen and oxygen atoms in total. The molecular weight excluding hydrogens is 340 g/mol. The van der Waals surface area contributed by atoms with Gasteiger partial charge < -0.3 is 11.1 Å². The maximum absolute atomic E-state index is 12.5. The summed E-state index contributed by atoms with van der Waals surface area (Å²) in [6.45, 7) is 4.34. The fraction of sp³-hybridized carbons (Fsp3) is 0.294. The molecule has 3 N–H and O–H groups in total. The summed E-state index contributed by atoms with van der Waals surface area (Å²) in [6.07, 6.45) is 1.56. The van der Waals surface area contributed by atoms with Crippen molar-refractivity contribution in [3.05, 3.63) is 48.3 Å². The van der Waals surface area contributed by atoms with Gasteiger partial charge in [-0.15, -0.1) is 0 Å². The number of sulfonamides is 1. The third-order valence-corrected chi connectivity index (χ3v) is 5.70. The summed E-state index contributed by atoms with van der Waals surface area (Å²) in [7, 11) is -3.57. The van der Waals surface area contributed by atoms with Crippen molar-refractivity contribution < 1.29 is 13.2 Å². The predicted octanol–water partition coefficient (Wildman–Crippen LogP) is 1.88. The molecule has 0 aliphatic heterocycles. The first-order chi connectivity index (χ1) is 11.9. The van der Waals surface area contributed by atoms with E-state index >= 15 is 0 Å². The molecule has 2 aromatic rings. The summed E-state index contributed by atoms with van der Waals surface area (Å²) in [5.74, 6) is -0.283. The van der Waals surface area contributed by atoms with Gasteiger partial charge in [0.05, 0.1) is 23.2 Å². The molecule has 0 spiro atoms. The molecule has 134 valence electrons. The number of nitrogens with zero attached hydrogens (tertiary/aromatic N) is 2. The van der Waals surface area contributed by atoms with E-state index in [9.17, 15) is 13.2 Å². The van der Waals surface area contributed by atoms with Crippen LogP contribution in [0.1, 0.15) is 19.5 Å². The van der Waals surface area contributed by atoms with Crippen molar-refractivity contribution in [2.75, 3.05) is 24.1 Å². The SMILES string of the molecule is CCN(CC)S(=O)(=O)c1cccc(NC(=O)Cc2ccc(N)cn2)c1. The maximum Gasteiger partial charge on any atom is 0.243 e. The first kappa shape index (κ1) is 18.9. The molecule has 0 fully saturated rings. The van der Waals surface area contributed by atoms with Crippen LogP contribution in [0.4, 0.5) is 11.4 Å². The number of anilines is 2. The van der Waals surface area contributed by atoms with Crippen LogP contribution in [0.3, 0.4) is 0 Å². The Bertz CT molecular complexity index is 831. The van der Waals surface area contributed by atoms with Gasteiger partial charge in [0.2, 0.25) is 15.9 Å². The quantitative estimate of drug-likeness (QED) is 0.782. The molecule has 0 aliphatic carbocycles. The smallest absolute Gasteiger partial charge is 0.243 e. The molecule has 1 heterocycles. The van der Waals surface area contributed by atoms with Crippen LogP contribution in [-0.2, 0) is 21.2 Å². The van der Waals surface area contributed by atoms with Crippen LogP contribution in [0.15, 0.2) is 47.5 Å². The normalized spacial score (nSPS) is 11.5.